The van der Waals surface area contributed by atoms with E-state index in [-0.39, 0.29) is 11.9 Å². The first kappa shape index (κ1) is 13.5. The first-order valence-corrected chi connectivity index (χ1v) is 7.48. The number of rotatable bonds is 5. The summed E-state index contributed by atoms with van der Waals surface area (Å²) in [5.41, 5.74) is 0.939. The summed E-state index contributed by atoms with van der Waals surface area (Å²) in [6, 6.07) is 5.08. The van der Waals surface area contributed by atoms with E-state index in [1.54, 1.807) is 24.7 Å². The molecule has 20 heavy (non-hydrogen) atoms. The number of nitrogens with zero attached hydrogens (tertiary/aromatic N) is 2. The monoisotopic (exact) mass is 335 g/mol. The van der Waals surface area contributed by atoms with Gasteiger partial charge in [-0.3, -0.25) is 4.98 Å². The molecule has 0 saturated heterocycles. The maximum Gasteiger partial charge on any atom is 0.144 e. The maximum absolute atomic E-state index is 13.6. The van der Waals surface area contributed by atoms with Crippen molar-refractivity contribution < 1.29 is 4.39 Å². The molecule has 3 rings (SSSR count). The number of benzene rings is 1. The van der Waals surface area contributed by atoms with Gasteiger partial charge in [0.15, 0.2) is 0 Å². The molecule has 1 atom stereocenters. The fourth-order valence-electron chi connectivity index (χ4n) is 2.29. The van der Waals surface area contributed by atoms with Crippen LogP contribution in [0.4, 0.5) is 10.2 Å². The number of aromatic nitrogens is 2. The summed E-state index contributed by atoms with van der Waals surface area (Å²) < 4.78 is 14.4. The zero-order chi connectivity index (χ0) is 13.9. The van der Waals surface area contributed by atoms with Gasteiger partial charge in [0.1, 0.15) is 11.6 Å². The van der Waals surface area contributed by atoms with Crippen molar-refractivity contribution in [1.29, 1.82) is 0 Å². The van der Waals surface area contributed by atoms with Gasteiger partial charge in [0.25, 0.3) is 0 Å². The van der Waals surface area contributed by atoms with Crippen LogP contribution in [-0.4, -0.2) is 9.97 Å². The molecular formula is C15H15BrFN3. The molecular weight excluding hydrogens is 321 g/mol. The predicted molar refractivity (Wildman–Crippen MR) is 79.8 cm³/mol. The summed E-state index contributed by atoms with van der Waals surface area (Å²) in [5, 5.41) is 3.36. The van der Waals surface area contributed by atoms with Crippen LogP contribution in [0.3, 0.4) is 0 Å². The Balaban J connectivity index is 1.84. The summed E-state index contributed by atoms with van der Waals surface area (Å²) in [4.78, 5) is 8.29. The molecule has 1 heterocycles. The topological polar surface area (TPSA) is 37.8 Å². The predicted octanol–water partition coefficient (Wildman–Crippen LogP) is 4.33. The van der Waals surface area contributed by atoms with E-state index in [0.717, 1.165) is 28.2 Å². The first-order valence-electron chi connectivity index (χ1n) is 6.69. The van der Waals surface area contributed by atoms with Gasteiger partial charge in [0, 0.05) is 16.9 Å². The van der Waals surface area contributed by atoms with E-state index in [1.165, 1.54) is 18.9 Å². The van der Waals surface area contributed by atoms with E-state index < -0.39 is 0 Å². The Labute approximate surface area is 125 Å². The molecule has 0 spiro atoms. The second-order valence-electron chi connectivity index (χ2n) is 5.17. The lowest BCUT2D eigenvalue weighted by Crippen LogP contribution is -2.13. The minimum atomic E-state index is -0.226. The Morgan fingerprint density at radius 1 is 1.30 bits per heavy atom. The summed E-state index contributed by atoms with van der Waals surface area (Å²) in [6.07, 6.45) is 8.49. The highest BCUT2D eigenvalue weighted by Gasteiger charge is 2.27. The van der Waals surface area contributed by atoms with E-state index in [2.05, 4.69) is 31.2 Å². The normalized spacial score (nSPS) is 15.9. The molecule has 3 nitrogen and oxygen atoms in total. The van der Waals surface area contributed by atoms with Gasteiger partial charge < -0.3 is 5.32 Å². The fraction of sp³-hybridized carbons (Fsp3) is 0.333. The smallest absolute Gasteiger partial charge is 0.144 e. The Bertz CT molecular complexity index is 567. The van der Waals surface area contributed by atoms with E-state index in [9.17, 15) is 4.39 Å². The molecule has 0 bridgehead atoms. The van der Waals surface area contributed by atoms with Crippen molar-refractivity contribution in [2.45, 2.75) is 25.3 Å². The number of hydrogen-bond donors (Lipinski definition) is 1. The van der Waals surface area contributed by atoms with Gasteiger partial charge in [0.05, 0.1) is 12.2 Å². The van der Waals surface area contributed by atoms with Crippen molar-refractivity contribution in [3.05, 3.63) is 52.6 Å². The molecule has 5 heteroatoms. The van der Waals surface area contributed by atoms with E-state index in [4.69, 9.17) is 0 Å². The Morgan fingerprint density at radius 2 is 2.15 bits per heavy atom. The summed E-state index contributed by atoms with van der Waals surface area (Å²) in [5.74, 6) is 1.22. The van der Waals surface area contributed by atoms with Gasteiger partial charge >= 0.3 is 0 Å². The molecule has 1 fully saturated rings. The van der Waals surface area contributed by atoms with Crippen LogP contribution >= 0.6 is 15.9 Å². The van der Waals surface area contributed by atoms with Crippen molar-refractivity contribution in [3.8, 4) is 0 Å². The Hall–Kier alpha value is -1.49. The minimum Gasteiger partial charge on any atom is -0.362 e. The minimum absolute atomic E-state index is 0.0613. The summed E-state index contributed by atoms with van der Waals surface area (Å²) in [7, 11) is 0. The lowest BCUT2D eigenvalue weighted by atomic mass is 10.0. The van der Waals surface area contributed by atoms with E-state index in [1.807, 2.05) is 6.07 Å². The van der Waals surface area contributed by atoms with Crippen LogP contribution in [0.5, 0.6) is 0 Å². The van der Waals surface area contributed by atoms with Gasteiger partial charge in [0.2, 0.25) is 0 Å². The van der Waals surface area contributed by atoms with Crippen LogP contribution < -0.4 is 5.32 Å². The molecule has 2 aromatic rings. The van der Waals surface area contributed by atoms with Crippen molar-refractivity contribution in [2.75, 3.05) is 5.32 Å². The third kappa shape index (κ3) is 3.54. The number of hydrogen-bond acceptors (Lipinski definition) is 3. The molecule has 1 aliphatic rings. The van der Waals surface area contributed by atoms with Gasteiger partial charge in [-0.1, -0.05) is 28.8 Å². The van der Waals surface area contributed by atoms with Crippen molar-refractivity contribution >= 4 is 21.7 Å². The molecule has 0 amide bonds. The second kappa shape index (κ2) is 5.87. The average Bonchev–Trinajstić information content (AvgIpc) is 3.22. The van der Waals surface area contributed by atoms with Gasteiger partial charge in [-0.15, -0.1) is 0 Å². The number of halogens is 2. The summed E-state index contributed by atoms with van der Waals surface area (Å²) in [6.45, 7) is 0. The highest BCUT2D eigenvalue weighted by Crippen LogP contribution is 2.39. The number of anilines is 1. The quantitative estimate of drug-likeness (QED) is 0.883. The Kier molecular flexibility index (Phi) is 3.96. The average molecular weight is 336 g/mol. The molecule has 104 valence electrons. The van der Waals surface area contributed by atoms with Gasteiger partial charge in [-0.25, -0.2) is 9.37 Å². The lowest BCUT2D eigenvalue weighted by molar-refractivity contribution is 0.602. The SMILES string of the molecule is Fc1cc(Br)cc(C(CC2CC2)Nc2cnccn2)c1. The van der Waals surface area contributed by atoms with E-state index in [0.29, 0.717) is 0 Å². The van der Waals surface area contributed by atoms with Crippen molar-refractivity contribution in [3.63, 3.8) is 0 Å². The fourth-order valence-corrected chi connectivity index (χ4v) is 2.78. The molecule has 1 aromatic carbocycles. The zero-order valence-electron chi connectivity index (χ0n) is 10.9. The van der Waals surface area contributed by atoms with Crippen LogP contribution in [0.25, 0.3) is 0 Å². The highest BCUT2D eigenvalue weighted by molar-refractivity contribution is 9.10. The number of nitrogens with one attached hydrogen (secondary N) is 1. The Morgan fingerprint density at radius 3 is 2.80 bits per heavy atom. The van der Waals surface area contributed by atoms with Crippen LogP contribution in [0, 0.1) is 11.7 Å². The van der Waals surface area contributed by atoms with Crippen LogP contribution in [0.15, 0.2) is 41.3 Å². The second-order valence-corrected chi connectivity index (χ2v) is 6.09. The lowest BCUT2D eigenvalue weighted by Gasteiger charge is -2.20. The standard InChI is InChI=1S/C15H15BrFN3/c16-12-6-11(7-13(17)8-12)14(5-10-1-2-10)20-15-9-18-3-4-19-15/h3-4,6-10,14H,1-2,5H2,(H,19,20). The summed E-state index contributed by atoms with van der Waals surface area (Å²) >= 11 is 3.35. The van der Waals surface area contributed by atoms with Crippen LogP contribution in [0.1, 0.15) is 30.9 Å². The molecule has 1 N–H and O–H groups in total. The zero-order valence-corrected chi connectivity index (χ0v) is 12.5. The maximum atomic E-state index is 13.6. The van der Waals surface area contributed by atoms with E-state index >= 15 is 0 Å². The third-order valence-electron chi connectivity index (χ3n) is 3.44. The van der Waals surface area contributed by atoms with Crippen molar-refractivity contribution in [1.82, 2.24) is 9.97 Å². The molecule has 0 radical (unpaired) electrons. The van der Waals surface area contributed by atoms with Gasteiger partial charge in [-0.2, -0.15) is 0 Å². The van der Waals surface area contributed by atoms with Gasteiger partial charge in [-0.05, 0) is 36.1 Å². The highest BCUT2D eigenvalue weighted by atomic mass is 79.9. The molecule has 0 aliphatic heterocycles. The third-order valence-corrected chi connectivity index (χ3v) is 3.90. The van der Waals surface area contributed by atoms with Crippen LogP contribution in [0.2, 0.25) is 0 Å². The van der Waals surface area contributed by atoms with Crippen LogP contribution in [-0.2, 0) is 0 Å². The first-order chi connectivity index (χ1) is 9.70. The largest absolute Gasteiger partial charge is 0.362 e. The van der Waals surface area contributed by atoms with Crippen molar-refractivity contribution in [2.24, 2.45) is 5.92 Å². The molecule has 1 unspecified atom stereocenters. The molecule has 1 aromatic heterocycles. The molecule has 1 aliphatic carbocycles. The molecule has 1 saturated carbocycles.